The Balaban J connectivity index is 1.86. The van der Waals surface area contributed by atoms with E-state index in [1.54, 1.807) is 11.9 Å². The molecule has 2 heterocycles. The zero-order chi connectivity index (χ0) is 13.4. The van der Waals surface area contributed by atoms with E-state index < -0.39 is 6.10 Å². The second-order valence-electron chi connectivity index (χ2n) is 4.99. The minimum atomic E-state index is -0.495. The summed E-state index contributed by atoms with van der Waals surface area (Å²) in [6, 6.07) is 7.37. The fraction of sp³-hybridized carbons (Fsp3) is 0.357. The summed E-state index contributed by atoms with van der Waals surface area (Å²) in [5.74, 6) is -0.0594. The molecule has 0 spiro atoms. The summed E-state index contributed by atoms with van der Waals surface area (Å²) in [6.07, 6.45) is 1.36. The minimum absolute atomic E-state index is 0.0594. The second-order valence-corrected chi connectivity index (χ2v) is 4.99. The van der Waals surface area contributed by atoms with Gasteiger partial charge >= 0.3 is 0 Å². The van der Waals surface area contributed by atoms with Gasteiger partial charge in [-0.05, 0) is 24.3 Å². The van der Waals surface area contributed by atoms with Crippen LogP contribution in [0.2, 0.25) is 0 Å². The van der Waals surface area contributed by atoms with Crippen LogP contribution in [-0.2, 0) is 0 Å². The first-order valence-electron chi connectivity index (χ1n) is 6.40. The fourth-order valence-electron chi connectivity index (χ4n) is 2.59. The van der Waals surface area contributed by atoms with Gasteiger partial charge in [0.1, 0.15) is 0 Å². The van der Waals surface area contributed by atoms with Gasteiger partial charge in [-0.1, -0.05) is 0 Å². The number of aliphatic hydroxyl groups is 1. The van der Waals surface area contributed by atoms with Gasteiger partial charge in [0.25, 0.3) is 5.91 Å². The molecule has 100 valence electrons. The molecular weight excluding hydrogens is 242 g/mol. The van der Waals surface area contributed by atoms with Crippen molar-refractivity contribution < 1.29 is 9.90 Å². The van der Waals surface area contributed by atoms with Crippen molar-refractivity contribution in [3.05, 3.63) is 36.0 Å². The van der Waals surface area contributed by atoms with Gasteiger partial charge < -0.3 is 20.3 Å². The summed E-state index contributed by atoms with van der Waals surface area (Å²) in [7, 11) is 1.74. The van der Waals surface area contributed by atoms with Crippen LogP contribution in [-0.4, -0.2) is 53.2 Å². The third kappa shape index (κ3) is 2.11. The number of carbonyl (C=O) groups is 1. The van der Waals surface area contributed by atoms with E-state index >= 15 is 0 Å². The Morgan fingerprint density at radius 2 is 2.21 bits per heavy atom. The number of amides is 1. The highest BCUT2D eigenvalue weighted by atomic mass is 16.3. The van der Waals surface area contributed by atoms with Crippen molar-refractivity contribution in [2.75, 3.05) is 20.1 Å². The van der Waals surface area contributed by atoms with Crippen LogP contribution in [0, 0.1) is 0 Å². The molecule has 0 unspecified atom stereocenters. The Hall–Kier alpha value is -1.85. The molecule has 1 aromatic carbocycles. The van der Waals surface area contributed by atoms with Crippen molar-refractivity contribution in [2.24, 2.45) is 0 Å². The molecule has 0 radical (unpaired) electrons. The zero-order valence-electron chi connectivity index (χ0n) is 10.8. The molecule has 1 fully saturated rings. The number of β-amino-alcohol motifs (C(OH)–C–C–N with tert-alkyl or cyclic N) is 1. The Morgan fingerprint density at radius 3 is 2.95 bits per heavy atom. The molecule has 0 bridgehead atoms. The van der Waals surface area contributed by atoms with Gasteiger partial charge in [0.2, 0.25) is 0 Å². The second kappa shape index (κ2) is 4.68. The molecule has 5 nitrogen and oxygen atoms in total. The van der Waals surface area contributed by atoms with Crippen LogP contribution in [0.3, 0.4) is 0 Å². The summed E-state index contributed by atoms with van der Waals surface area (Å²) in [4.78, 5) is 17.1. The minimum Gasteiger partial charge on any atom is -0.390 e. The van der Waals surface area contributed by atoms with Crippen LogP contribution >= 0.6 is 0 Å². The predicted octanol–water partition coefficient (Wildman–Crippen LogP) is 0.573. The predicted molar refractivity (Wildman–Crippen MR) is 73.1 cm³/mol. The molecule has 1 aliphatic heterocycles. The van der Waals surface area contributed by atoms with Crippen molar-refractivity contribution in [2.45, 2.75) is 12.1 Å². The van der Waals surface area contributed by atoms with Gasteiger partial charge in [-0.25, -0.2) is 0 Å². The summed E-state index contributed by atoms with van der Waals surface area (Å²) in [5.41, 5.74) is 1.66. The highest BCUT2D eigenvalue weighted by Crippen LogP contribution is 2.17. The third-order valence-corrected chi connectivity index (χ3v) is 3.77. The normalized spacial score (nSPS) is 22.8. The molecule has 0 saturated carbocycles. The smallest absolute Gasteiger partial charge is 0.254 e. The topological polar surface area (TPSA) is 68.4 Å². The number of aromatic amines is 1. The quantitative estimate of drug-likeness (QED) is 0.738. The van der Waals surface area contributed by atoms with E-state index in [0.29, 0.717) is 18.7 Å². The number of fused-ring (bicyclic) bond motifs is 1. The van der Waals surface area contributed by atoms with Crippen LogP contribution in [0.25, 0.3) is 10.9 Å². The molecule has 5 heteroatoms. The van der Waals surface area contributed by atoms with E-state index in [0.717, 1.165) is 10.9 Å². The van der Waals surface area contributed by atoms with Crippen molar-refractivity contribution in [1.29, 1.82) is 0 Å². The van der Waals surface area contributed by atoms with Crippen molar-refractivity contribution in [1.82, 2.24) is 15.2 Å². The molecule has 3 N–H and O–H groups in total. The number of nitrogens with one attached hydrogen (secondary N) is 2. The molecular formula is C14H17N3O2. The van der Waals surface area contributed by atoms with Crippen LogP contribution in [0.5, 0.6) is 0 Å². The molecule has 19 heavy (non-hydrogen) atoms. The monoisotopic (exact) mass is 259 g/mol. The maximum absolute atomic E-state index is 12.4. The maximum atomic E-state index is 12.4. The van der Waals surface area contributed by atoms with Gasteiger partial charge in [-0.2, -0.15) is 0 Å². The number of likely N-dealkylation sites (N-methyl/N-ethyl adjacent to an activating group) is 1. The van der Waals surface area contributed by atoms with Crippen LogP contribution < -0.4 is 5.32 Å². The van der Waals surface area contributed by atoms with Crippen LogP contribution in [0.1, 0.15) is 10.4 Å². The first-order valence-corrected chi connectivity index (χ1v) is 6.40. The standard InChI is InChI=1S/C14H17N3O2/c1-17(12-7-15-8-13(12)18)14(19)10-2-3-11-9(6-10)4-5-16-11/h2-6,12-13,15-16,18H,7-8H2,1H3/t12-,13-/m0/s1. The first-order chi connectivity index (χ1) is 9.16. The Bertz CT molecular complexity index is 608. The molecule has 3 rings (SSSR count). The highest BCUT2D eigenvalue weighted by molar-refractivity contribution is 5.98. The number of rotatable bonds is 2. The lowest BCUT2D eigenvalue weighted by atomic mass is 10.1. The molecule has 1 amide bonds. The Kier molecular flexibility index (Phi) is 3.00. The number of nitrogens with zero attached hydrogens (tertiary/aromatic N) is 1. The zero-order valence-corrected chi connectivity index (χ0v) is 10.8. The number of hydrogen-bond donors (Lipinski definition) is 3. The van der Waals surface area contributed by atoms with E-state index in [-0.39, 0.29) is 11.9 Å². The van der Waals surface area contributed by atoms with E-state index in [9.17, 15) is 9.90 Å². The summed E-state index contributed by atoms with van der Waals surface area (Å²) in [5, 5.41) is 13.9. The van der Waals surface area contributed by atoms with Gasteiger partial charge in [0.05, 0.1) is 12.1 Å². The summed E-state index contributed by atoms with van der Waals surface area (Å²) >= 11 is 0. The summed E-state index contributed by atoms with van der Waals surface area (Å²) in [6.45, 7) is 1.18. The Morgan fingerprint density at radius 1 is 1.37 bits per heavy atom. The molecule has 2 aromatic rings. The van der Waals surface area contributed by atoms with Crippen molar-refractivity contribution >= 4 is 16.8 Å². The van der Waals surface area contributed by atoms with Crippen molar-refractivity contribution in [3.8, 4) is 0 Å². The first kappa shape index (κ1) is 12.2. The van der Waals surface area contributed by atoms with Gasteiger partial charge in [0, 0.05) is 42.8 Å². The summed E-state index contributed by atoms with van der Waals surface area (Å²) < 4.78 is 0. The number of H-pyrrole nitrogens is 1. The molecule has 1 saturated heterocycles. The van der Waals surface area contributed by atoms with Crippen LogP contribution in [0.4, 0.5) is 0 Å². The fourth-order valence-corrected chi connectivity index (χ4v) is 2.59. The molecule has 2 atom stereocenters. The molecule has 1 aromatic heterocycles. The van der Waals surface area contributed by atoms with Gasteiger partial charge in [0.15, 0.2) is 0 Å². The largest absolute Gasteiger partial charge is 0.390 e. The average molecular weight is 259 g/mol. The van der Waals surface area contributed by atoms with Gasteiger partial charge in [-0.3, -0.25) is 4.79 Å². The number of aromatic nitrogens is 1. The van der Waals surface area contributed by atoms with E-state index in [2.05, 4.69) is 10.3 Å². The number of aliphatic hydroxyl groups excluding tert-OH is 1. The average Bonchev–Trinajstić information content (AvgIpc) is 3.04. The third-order valence-electron chi connectivity index (χ3n) is 3.77. The number of benzene rings is 1. The van der Waals surface area contributed by atoms with E-state index in [4.69, 9.17) is 0 Å². The van der Waals surface area contributed by atoms with Crippen molar-refractivity contribution in [3.63, 3.8) is 0 Å². The lowest BCUT2D eigenvalue weighted by molar-refractivity contribution is 0.0581. The lowest BCUT2D eigenvalue weighted by Gasteiger charge is -2.26. The van der Waals surface area contributed by atoms with E-state index in [1.165, 1.54) is 0 Å². The molecule has 1 aliphatic rings. The SMILES string of the molecule is CN(C(=O)c1ccc2[nH]ccc2c1)[C@H]1CNC[C@@H]1O. The highest BCUT2D eigenvalue weighted by Gasteiger charge is 2.31. The number of hydrogen-bond acceptors (Lipinski definition) is 3. The van der Waals surface area contributed by atoms with Crippen LogP contribution in [0.15, 0.2) is 30.5 Å². The van der Waals surface area contributed by atoms with Gasteiger partial charge in [-0.15, -0.1) is 0 Å². The molecule has 0 aliphatic carbocycles. The lowest BCUT2D eigenvalue weighted by Crippen LogP contribution is -2.44. The Labute approximate surface area is 111 Å². The van der Waals surface area contributed by atoms with E-state index in [1.807, 2.05) is 30.5 Å². The number of carbonyl (C=O) groups excluding carboxylic acids is 1. The maximum Gasteiger partial charge on any atom is 0.254 e.